The molecule has 1 aromatic rings. The van der Waals surface area contributed by atoms with E-state index >= 15 is 0 Å². The molecule has 0 aliphatic carbocycles. The Kier molecular flexibility index (Phi) is 4.40. The molecule has 1 saturated heterocycles. The van der Waals surface area contributed by atoms with Crippen molar-refractivity contribution in [3.8, 4) is 0 Å². The fourth-order valence-electron chi connectivity index (χ4n) is 2.41. The molecule has 1 aliphatic rings. The Morgan fingerprint density at radius 1 is 1.50 bits per heavy atom. The molecule has 0 saturated carbocycles. The molecular formula is C14H24N2O2. The summed E-state index contributed by atoms with van der Waals surface area (Å²) < 4.78 is 7.39. The third-order valence-corrected chi connectivity index (χ3v) is 3.86. The minimum absolute atomic E-state index is 0.422. The molecule has 102 valence electrons. The van der Waals surface area contributed by atoms with Gasteiger partial charge >= 0.3 is 0 Å². The maximum atomic E-state index is 10.6. The lowest BCUT2D eigenvalue weighted by atomic mass is 9.90. The molecule has 0 bridgehead atoms. The smallest absolute Gasteiger partial charge is 0.0726 e. The van der Waals surface area contributed by atoms with E-state index in [1.807, 2.05) is 16.9 Å². The van der Waals surface area contributed by atoms with Gasteiger partial charge in [-0.2, -0.15) is 5.10 Å². The Bertz CT molecular complexity index is 368. The summed E-state index contributed by atoms with van der Waals surface area (Å²) in [5.41, 5.74) is 0.352. The molecule has 1 fully saturated rings. The maximum absolute atomic E-state index is 10.6. The lowest BCUT2D eigenvalue weighted by molar-refractivity contribution is 0.0179. The molecule has 4 nitrogen and oxygen atoms in total. The third-order valence-electron chi connectivity index (χ3n) is 3.86. The predicted octanol–water partition coefficient (Wildman–Crippen LogP) is 2.33. The average molecular weight is 252 g/mol. The quantitative estimate of drug-likeness (QED) is 0.894. The van der Waals surface area contributed by atoms with Crippen molar-refractivity contribution in [1.82, 2.24) is 9.78 Å². The van der Waals surface area contributed by atoms with Crippen LogP contribution in [0.3, 0.4) is 0 Å². The van der Waals surface area contributed by atoms with E-state index in [2.05, 4.69) is 18.9 Å². The van der Waals surface area contributed by atoms with E-state index in [1.54, 1.807) is 0 Å². The molecule has 18 heavy (non-hydrogen) atoms. The topological polar surface area (TPSA) is 47.3 Å². The van der Waals surface area contributed by atoms with Gasteiger partial charge in [0, 0.05) is 31.9 Å². The van der Waals surface area contributed by atoms with E-state index in [0.717, 1.165) is 31.6 Å². The van der Waals surface area contributed by atoms with Crippen LogP contribution in [0, 0.1) is 0 Å². The number of nitrogens with zero attached hydrogens (tertiary/aromatic N) is 2. The van der Waals surface area contributed by atoms with Gasteiger partial charge in [-0.05, 0) is 38.7 Å². The Hall–Kier alpha value is -0.870. The fourth-order valence-corrected chi connectivity index (χ4v) is 2.41. The van der Waals surface area contributed by atoms with E-state index < -0.39 is 5.60 Å². The molecule has 2 heterocycles. The summed E-state index contributed by atoms with van der Waals surface area (Å²) >= 11 is 0. The lowest BCUT2D eigenvalue weighted by Crippen LogP contribution is -2.32. The van der Waals surface area contributed by atoms with Gasteiger partial charge in [-0.15, -0.1) is 0 Å². The van der Waals surface area contributed by atoms with Crippen molar-refractivity contribution >= 4 is 0 Å². The summed E-state index contributed by atoms with van der Waals surface area (Å²) in [7, 11) is 0. The number of hydrogen-bond acceptors (Lipinski definition) is 3. The SMILES string of the molecule is CCC(C)n1ccc(CC2(O)CCCOCC2)n1. The molecule has 2 rings (SSSR count). The van der Waals surface area contributed by atoms with Crippen LogP contribution in [-0.2, 0) is 11.2 Å². The van der Waals surface area contributed by atoms with Gasteiger partial charge < -0.3 is 9.84 Å². The van der Waals surface area contributed by atoms with Crippen LogP contribution in [0.1, 0.15) is 51.3 Å². The minimum atomic E-state index is -0.634. The van der Waals surface area contributed by atoms with E-state index in [9.17, 15) is 5.11 Å². The first-order valence-corrected chi connectivity index (χ1v) is 6.97. The van der Waals surface area contributed by atoms with Crippen LogP contribution in [0.4, 0.5) is 0 Å². The number of aliphatic hydroxyl groups is 1. The van der Waals surface area contributed by atoms with Gasteiger partial charge in [-0.25, -0.2) is 0 Å². The van der Waals surface area contributed by atoms with E-state index in [1.165, 1.54) is 0 Å². The van der Waals surface area contributed by atoms with Gasteiger partial charge in [0.2, 0.25) is 0 Å². The van der Waals surface area contributed by atoms with Crippen molar-refractivity contribution in [3.05, 3.63) is 18.0 Å². The maximum Gasteiger partial charge on any atom is 0.0726 e. The number of rotatable bonds is 4. The molecule has 1 aliphatic heterocycles. The largest absolute Gasteiger partial charge is 0.389 e. The van der Waals surface area contributed by atoms with Crippen molar-refractivity contribution in [3.63, 3.8) is 0 Å². The zero-order valence-corrected chi connectivity index (χ0v) is 11.4. The summed E-state index contributed by atoms with van der Waals surface area (Å²) in [6.07, 6.45) is 6.17. The summed E-state index contributed by atoms with van der Waals surface area (Å²) in [6, 6.07) is 2.45. The van der Waals surface area contributed by atoms with Gasteiger partial charge in [0.05, 0.1) is 11.3 Å². The molecule has 0 amide bonds. The van der Waals surface area contributed by atoms with Gasteiger partial charge in [-0.3, -0.25) is 4.68 Å². The Morgan fingerprint density at radius 2 is 2.33 bits per heavy atom. The highest BCUT2D eigenvalue weighted by Gasteiger charge is 2.29. The van der Waals surface area contributed by atoms with Crippen molar-refractivity contribution in [2.45, 2.75) is 57.6 Å². The summed E-state index contributed by atoms with van der Waals surface area (Å²) in [4.78, 5) is 0. The van der Waals surface area contributed by atoms with Crippen LogP contribution in [0.5, 0.6) is 0 Å². The van der Waals surface area contributed by atoms with Crippen LogP contribution in [0.25, 0.3) is 0 Å². The highest BCUT2D eigenvalue weighted by Crippen LogP contribution is 2.25. The molecule has 0 radical (unpaired) electrons. The minimum Gasteiger partial charge on any atom is -0.389 e. The van der Waals surface area contributed by atoms with Gasteiger partial charge in [-0.1, -0.05) is 6.92 Å². The average Bonchev–Trinajstić information content (AvgIpc) is 2.70. The molecule has 0 aromatic carbocycles. The number of hydrogen-bond donors (Lipinski definition) is 1. The third kappa shape index (κ3) is 3.33. The van der Waals surface area contributed by atoms with Crippen molar-refractivity contribution in [2.75, 3.05) is 13.2 Å². The highest BCUT2D eigenvalue weighted by molar-refractivity contribution is 5.05. The first-order valence-electron chi connectivity index (χ1n) is 6.97. The summed E-state index contributed by atoms with van der Waals surface area (Å²) in [5.74, 6) is 0. The van der Waals surface area contributed by atoms with E-state index in [0.29, 0.717) is 25.5 Å². The Balaban J connectivity index is 2.01. The molecule has 2 atom stereocenters. The van der Waals surface area contributed by atoms with E-state index in [4.69, 9.17) is 4.74 Å². The number of aromatic nitrogens is 2. The van der Waals surface area contributed by atoms with Crippen LogP contribution in [0.15, 0.2) is 12.3 Å². The van der Waals surface area contributed by atoms with Gasteiger partial charge in [0.1, 0.15) is 0 Å². The Labute approximate surface area is 109 Å². The predicted molar refractivity (Wildman–Crippen MR) is 70.6 cm³/mol. The van der Waals surface area contributed by atoms with Crippen LogP contribution in [-0.4, -0.2) is 33.7 Å². The van der Waals surface area contributed by atoms with Gasteiger partial charge in [0.15, 0.2) is 0 Å². The second-order valence-electron chi connectivity index (χ2n) is 5.41. The molecule has 0 spiro atoms. The van der Waals surface area contributed by atoms with Crippen molar-refractivity contribution < 1.29 is 9.84 Å². The second kappa shape index (κ2) is 5.85. The molecule has 4 heteroatoms. The zero-order chi connectivity index (χ0) is 13.0. The van der Waals surface area contributed by atoms with Gasteiger partial charge in [0.25, 0.3) is 0 Å². The zero-order valence-electron chi connectivity index (χ0n) is 11.4. The highest BCUT2D eigenvalue weighted by atomic mass is 16.5. The molecule has 1 aromatic heterocycles. The van der Waals surface area contributed by atoms with Crippen molar-refractivity contribution in [2.24, 2.45) is 0 Å². The normalized spacial score (nSPS) is 26.8. The van der Waals surface area contributed by atoms with E-state index in [-0.39, 0.29) is 0 Å². The van der Waals surface area contributed by atoms with Crippen molar-refractivity contribution in [1.29, 1.82) is 0 Å². The second-order valence-corrected chi connectivity index (χ2v) is 5.41. The first-order chi connectivity index (χ1) is 8.63. The molecule has 1 N–H and O–H groups in total. The van der Waals surface area contributed by atoms with Crippen LogP contribution >= 0.6 is 0 Å². The number of ether oxygens (including phenoxy) is 1. The molecular weight excluding hydrogens is 228 g/mol. The fraction of sp³-hybridized carbons (Fsp3) is 0.786. The lowest BCUT2D eigenvalue weighted by Gasteiger charge is -2.24. The van der Waals surface area contributed by atoms with Crippen LogP contribution < -0.4 is 0 Å². The molecule has 2 unspecified atom stereocenters. The monoisotopic (exact) mass is 252 g/mol. The first kappa shape index (κ1) is 13.6. The standard InChI is InChI=1S/C14H24N2O2/c1-3-12(2)16-8-5-13(15-16)11-14(17)6-4-9-18-10-7-14/h5,8,12,17H,3-4,6-7,9-11H2,1-2H3. The Morgan fingerprint density at radius 3 is 3.11 bits per heavy atom. The summed E-state index contributed by atoms with van der Waals surface area (Å²) in [5, 5.41) is 15.1. The van der Waals surface area contributed by atoms with Crippen LogP contribution in [0.2, 0.25) is 0 Å². The summed E-state index contributed by atoms with van der Waals surface area (Å²) in [6.45, 7) is 5.74.